The predicted molar refractivity (Wildman–Crippen MR) is 69.0 cm³/mol. The van der Waals surface area contributed by atoms with Gasteiger partial charge < -0.3 is 5.32 Å². The molecule has 18 heavy (non-hydrogen) atoms. The summed E-state index contributed by atoms with van der Waals surface area (Å²) in [5.41, 5.74) is -0.546. The van der Waals surface area contributed by atoms with Crippen molar-refractivity contribution >= 4 is 23.1 Å². The molecule has 0 aliphatic heterocycles. The highest BCUT2D eigenvalue weighted by atomic mass is 35.5. The Morgan fingerprint density at radius 1 is 1.39 bits per heavy atom. The molecule has 1 heterocycles. The fraction of sp³-hybridized carbons (Fsp3) is 0.636. The van der Waals surface area contributed by atoms with Gasteiger partial charge in [-0.2, -0.15) is 0 Å². The first-order valence-electron chi connectivity index (χ1n) is 5.78. The molecule has 1 N–H and O–H groups in total. The fourth-order valence-electron chi connectivity index (χ4n) is 1.45. The maximum atomic E-state index is 11.0. The van der Waals surface area contributed by atoms with Crippen molar-refractivity contribution in [2.45, 2.75) is 45.1 Å². The summed E-state index contributed by atoms with van der Waals surface area (Å²) >= 11 is 5.91. The maximum absolute atomic E-state index is 11.0. The number of hydrogen-bond donors (Lipinski definition) is 1. The molecule has 0 bridgehead atoms. The molecular formula is C11H15ClN4O2. The van der Waals surface area contributed by atoms with E-state index < -0.39 is 4.92 Å². The first-order chi connectivity index (χ1) is 8.29. The van der Waals surface area contributed by atoms with Gasteiger partial charge in [0.1, 0.15) is 5.82 Å². The third-order valence-corrected chi connectivity index (χ3v) is 2.88. The molecule has 1 aliphatic carbocycles. The molecule has 0 unspecified atom stereocenters. The van der Waals surface area contributed by atoms with E-state index in [0.29, 0.717) is 5.82 Å². The van der Waals surface area contributed by atoms with Crippen molar-refractivity contribution in [1.82, 2.24) is 9.97 Å². The molecule has 0 aromatic carbocycles. The van der Waals surface area contributed by atoms with Crippen LogP contribution in [0.1, 0.15) is 39.4 Å². The lowest BCUT2D eigenvalue weighted by molar-refractivity contribution is -0.384. The largest absolute Gasteiger partial charge is 0.361 e. The molecule has 0 amide bonds. The summed E-state index contributed by atoms with van der Waals surface area (Å²) in [5.74, 6) is 0.730. The molecule has 2 rings (SSSR count). The standard InChI is InChI=1S/C11H15ClN4O2/c1-11(2,3)10-14-8(12)7(16(17)18)9(15-10)13-6-4-5-6/h6H,4-5H2,1-3H3,(H,13,14,15). The highest BCUT2D eigenvalue weighted by Gasteiger charge is 2.31. The van der Waals surface area contributed by atoms with E-state index in [2.05, 4.69) is 15.3 Å². The van der Waals surface area contributed by atoms with Crippen LogP contribution in [0.5, 0.6) is 0 Å². The first-order valence-corrected chi connectivity index (χ1v) is 6.16. The Morgan fingerprint density at radius 2 is 2.00 bits per heavy atom. The van der Waals surface area contributed by atoms with Gasteiger partial charge in [-0.05, 0) is 12.8 Å². The Labute approximate surface area is 110 Å². The molecule has 1 aliphatic rings. The SMILES string of the molecule is CC(C)(C)c1nc(Cl)c([N+](=O)[O-])c(NC2CC2)n1. The molecule has 1 saturated carbocycles. The van der Waals surface area contributed by atoms with Gasteiger partial charge in [-0.25, -0.2) is 9.97 Å². The minimum atomic E-state index is -0.542. The molecule has 0 atom stereocenters. The van der Waals surface area contributed by atoms with E-state index in [1.165, 1.54) is 0 Å². The van der Waals surface area contributed by atoms with E-state index >= 15 is 0 Å². The van der Waals surface area contributed by atoms with Crippen LogP contribution in [-0.2, 0) is 5.41 Å². The molecule has 0 spiro atoms. The van der Waals surface area contributed by atoms with Gasteiger partial charge in [-0.3, -0.25) is 10.1 Å². The monoisotopic (exact) mass is 270 g/mol. The van der Waals surface area contributed by atoms with Crippen LogP contribution in [0.15, 0.2) is 0 Å². The Kier molecular flexibility index (Phi) is 3.14. The zero-order chi connectivity index (χ0) is 13.5. The topological polar surface area (TPSA) is 81.0 Å². The van der Waals surface area contributed by atoms with E-state index in [4.69, 9.17) is 11.6 Å². The van der Waals surface area contributed by atoms with E-state index in [9.17, 15) is 10.1 Å². The van der Waals surface area contributed by atoms with Gasteiger partial charge in [0.25, 0.3) is 0 Å². The van der Waals surface area contributed by atoms with Gasteiger partial charge in [0.2, 0.25) is 11.0 Å². The summed E-state index contributed by atoms with van der Waals surface area (Å²) in [5, 5.41) is 13.9. The van der Waals surface area contributed by atoms with Crippen LogP contribution in [-0.4, -0.2) is 20.9 Å². The predicted octanol–water partition coefficient (Wildman–Crippen LogP) is 2.91. The number of nitro groups is 1. The minimum Gasteiger partial charge on any atom is -0.361 e. The molecule has 1 aromatic rings. The second kappa shape index (κ2) is 4.35. The summed E-state index contributed by atoms with van der Waals surface area (Å²) in [6.07, 6.45) is 2.01. The molecule has 7 heteroatoms. The van der Waals surface area contributed by atoms with Crippen LogP contribution in [0, 0.1) is 10.1 Å². The van der Waals surface area contributed by atoms with Gasteiger partial charge in [-0.15, -0.1) is 0 Å². The second-order valence-electron chi connectivity index (χ2n) is 5.46. The molecule has 98 valence electrons. The quantitative estimate of drug-likeness (QED) is 0.519. The highest BCUT2D eigenvalue weighted by Crippen LogP contribution is 2.35. The van der Waals surface area contributed by atoms with Crippen molar-refractivity contribution in [3.05, 3.63) is 21.1 Å². The summed E-state index contributed by atoms with van der Waals surface area (Å²) in [6, 6.07) is 0.266. The highest BCUT2D eigenvalue weighted by molar-refractivity contribution is 6.31. The second-order valence-corrected chi connectivity index (χ2v) is 5.82. The molecule has 0 saturated heterocycles. The van der Waals surface area contributed by atoms with E-state index in [1.54, 1.807) is 0 Å². The minimum absolute atomic E-state index is 0.108. The Balaban J connectivity index is 2.49. The van der Waals surface area contributed by atoms with Gasteiger partial charge in [0, 0.05) is 11.5 Å². The molecule has 1 aromatic heterocycles. The van der Waals surface area contributed by atoms with Gasteiger partial charge in [0.15, 0.2) is 0 Å². The Morgan fingerprint density at radius 3 is 2.44 bits per heavy atom. The molecule has 0 radical (unpaired) electrons. The van der Waals surface area contributed by atoms with Crippen LogP contribution in [0.4, 0.5) is 11.5 Å². The third-order valence-electron chi connectivity index (χ3n) is 2.61. The van der Waals surface area contributed by atoms with Crippen molar-refractivity contribution < 1.29 is 4.92 Å². The van der Waals surface area contributed by atoms with Crippen molar-refractivity contribution in [2.75, 3.05) is 5.32 Å². The van der Waals surface area contributed by atoms with Crippen molar-refractivity contribution in [1.29, 1.82) is 0 Å². The summed E-state index contributed by atoms with van der Waals surface area (Å²) in [6.45, 7) is 5.81. The summed E-state index contributed by atoms with van der Waals surface area (Å²) < 4.78 is 0. The van der Waals surface area contributed by atoms with Crippen LogP contribution in [0.3, 0.4) is 0 Å². The maximum Gasteiger partial charge on any atom is 0.348 e. The smallest absolute Gasteiger partial charge is 0.348 e. The van der Waals surface area contributed by atoms with Gasteiger partial charge in [0.05, 0.1) is 4.92 Å². The molecule has 6 nitrogen and oxygen atoms in total. The van der Waals surface area contributed by atoms with Crippen LogP contribution >= 0.6 is 11.6 Å². The number of nitrogens with one attached hydrogen (secondary N) is 1. The summed E-state index contributed by atoms with van der Waals surface area (Å²) in [7, 11) is 0. The van der Waals surface area contributed by atoms with Crippen molar-refractivity contribution in [3.63, 3.8) is 0 Å². The Bertz CT molecular complexity index is 495. The average molecular weight is 271 g/mol. The van der Waals surface area contributed by atoms with Crippen LogP contribution in [0.2, 0.25) is 5.15 Å². The third kappa shape index (κ3) is 2.69. The van der Waals surface area contributed by atoms with Crippen LogP contribution in [0.25, 0.3) is 0 Å². The number of hydrogen-bond acceptors (Lipinski definition) is 5. The van der Waals surface area contributed by atoms with E-state index in [0.717, 1.165) is 12.8 Å². The Hall–Kier alpha value is -1.43. The number of rotatable bonds is 3. The number of halogens is 1. The lowest BCUT2D eigenvalue weighted by atomic mass is 9.96. The van der Waals surface area contributed by atoms with Crippen molar-refractivity contribution in [3.8, 4) is 0 Å². The van der Waals surface area contributed by atoms with E-state index in [1.807, 2.05) is 20.8 Å². The fourth-order valence-corrected chi connectivity index (χ4v) is 1.68. The summed E-state index contributed by atoms with van der Waals surface area (Å²) in [4.78, 5) is 18.7. The number of aromatic nitrogens is 2. The first kappa shape index (κ1) is 13.0. The number of anilines is 1. The van der Waals surface area contributed by atoms with Gasteiger partial charge in [-0.1, -0.05) is 32.4 Å². The molecule has 1 fully saturated rings. The number of nitrogens with zero attached hydrogens (tertiary/aromatic N) is 3. The average Bonchev–Trinajstić information content (AvgIpc) is 2.98. The van der Waals surface area contributed by atoms with E-state index in [-0.39, 0.29) is 28.1 Å². The zero-order valence-corrected chi connectivity index (χ0v) is 11.3. The van der Waals surface area contributed by atoms with Crippen LogP contribution < -0.4 is 5.32 Å². The lowest BCUT2D eigenvalue weighted by Gasteiger charge is -2.17. The lowest BCUT2D eigenvalue weighted by Crippen LogP contribution is -2.19. The van der Waals surface area contributed by atoms with Gasteiger partial charge >= 0.3 is 5.69 Å². The zero-order valence-electron chi connectivity index (χ0n) is 10.5. The normalized spacial score (nSPS) is 15.6. The molecular weight excluding hydrogens is 256 g/mol. The van der Waals surface area contributed by atoms with Crippen molar-refractivity contribution in [2.24, 2.45) is 0 Å².